The Morgan fingerprint density at radius 3 is 1.82 bits per heavy atom. The number of benzene rings is 3. The van der Waals surface area contributed by atoms with Crippen molar-refractivity contribution >= 4 is 31.3 Å². The number of carbonyl (C=O) groups excluding carboxylic acids is 4. The summed E-state index contributed by atoms with van der Waals surface area (Å²) in [5.41, 5.74) is 2.73. The van der Waals surface area contributed by atoms with E-state index in [4.69, 9.17) is 33.0 Å². The molecule has 3 aromatic rings. The maximum absolute atomic E-state index is 13.2. The molecular weight excluding hydrogens is 735 g/mol. The number of hydrogen-bond donors (Lipinski definition) is 2. The number of hydrogen-bond acceptors (Lipinski definition) is 12. The lowest BCUT2D eigenvalue weighted by Gasteiger charge is -2.45. The van der Waals surface area contributed by atoms with E-state index in [1.165, 1.54) is 7.11 Å². The van der Waals surface area contributed by atoms with Crippen LogP contribution in [0.15, 0.2) is 91.0 Å². The zero-order valence-corrected chi connectivity index (χ0v) is 31.5. The largest absolute Gasteiger partial charge is 0.368 e. The van der Waals surface area contributed by atoms with E-state index in [9.17, 15) is 28.6 Å². The maximum Gasteiger partial charge on any atom is 0.333 e. The Balaban J connectivity index is 1.20. The molecule has 15 nitrogen and oxygen atoms in total. The van der Waals surface area contributed by atoms with Gasteiger partial charge in [-0.15, -0.1) is 5.06 Å². The molecule has 2 aliphatic heterocycles. The van der Waals surface area contributed by atoms with Crippen LogP contribution in [0.5, 0.6) is 0 Å². The summed E-state index contributed by atoms with van der Waals surface area (Å²) in [5.74, 6) is -2.49. The third-order valence-corrected chi connectivity index (χ3v) is 10.2. The van der Waals surface area contributed by atoms with Gasteiger partial charge in [0.2, 0.25) is 5.91 Å². The van der Waals surface area contributed by atoms with Gasteiger partial charge in [0.15, 0.2) is 6.29 Å². The van der Waals surface area contributed by atoms with Gasteiger partial charge in [0.25, 0.3) is 11.8 Å². The van der Waals surface area contributed by atoms with E-state index in [0.29, 0.717) is 5.06 Å². The molecule has 0 aromatic heterocycles. The maximum atomic E-state index is 13.2. The number of rotatable bonds is 21. The van der Waals surface area contributed by atoms with Crippen LogP contribution in [-0.4, -0.2) is 90.8 Å². The highest BCUT2D eigenvalue weighted by atomic mass is 31.2. The average molecular weight is 783 g/mol. The molecule has 0 saturated carbocycles. The molecule has 296 valence electrons. The Labute approximate surface area is 319 Å². The highest BCUT2D eigenvalue weighted by Gasteiger charge is 2.49. The van der Waals surface area contributed by atoms with Crippen molar-refractivity contribution < 1.29 is 61.7 Å². The molecule has 2 N–H and O–H groups in total. The van der Waals surface area contributed by atoms with Crippen molar-refractivity contribution in [3.63, 3.8) is 0 Å². The third kappa shape index (κ3) is 13.2. The zero-order chi connectivity index (χ0) is 39.0. The summed E-state index contributed by atoms with van der Waals surface area (Å²) in [6.45, 7) is 0.0560. The van der Waals surface area contributed by atoms with Crippen molar-refractivity contribution in [3.05, 3.63) is 108 Å². The van der Waals surface area contributed by atoms with Crippen LogP contribution < -0.4 is 5.32 Å². The van der Waals surface area contributed by atoms with Gasteiger partial charge in [-0.3, -0.25) is 18.9 Å². The molecule has 1 unspecified atom stereocenters. The van der Waals surface area contributed by atoms with Crippen LogP contribution in [-0.2, 0) is 76.6 Å². The molecule has 55 heavy (non-hydrogen) atoms. The number of hydroxylamine groups is 2. The molecule has 0 radical (unpaired) electrons. The summed E-state index contributed by atoms with van der Waals surface area (Å²) in [7, 11) is -2.80. The van der Waals surface area contributed by atoms with Gasteiger partial charge < -0.3 is 43.3 Å². The number of nitrogens with one attached hydrogen (secondary N) is 1. The van der Waals surface area contributed by atoms with Crippen LogP contribution in [0.3, 0.4) is 0 Å². The highest BCUT2D eigenvalue weighted by Crippen LogP contribution is 2.42. The summed E-state index contributed by atoms with van der Waals surface area (Å²) in [6.07, 6.45) is -4.97. The molecule has 0 aliphatic carbocycles. The first-order valence-corrected chi connectivity index (χ1v) is 19.8. The average Bonchev–Trinajstić information content (AvgIpc) is 3.51. The van der Waals surface area contributed by atoms with Crippen molar-refractivity contribution in [2.24, 2.45) is 0 Å². The minimum atomic E-state index is -4.28. The van der Waals surface area contributed by atoms with Gasteiger partial charge in [0.05, 0.1) is 32.6 Å². The van der Waals surface area contributed by atoms with Gasteiger partial charge in [-0.25, -0.2) is 4.79 Å². The van der Waals surface area contributed by atoms with Gasteiger partial charge in [-0.1, -0.05) is 91.0 Å². The Morgan fingerprint density at radius 2 is 1.29 bits per heavy atom. The standard InChI is InChI=1S/C39H47N2O13P/c1-48-39-38(51-26-30-16-9-4-10-17-30)37(50-25-29-14-7-3-8-15-29)36(49-24-28-12-5-2-6-13-28)31(53-39)27-52-55(46,47)23-22-40-32(42)18-11-19-35(45)54-41-33(43)20-21-34(41)44/h2-10,12-17,31,36-39H,11,18-27H2,1H3,(H,40,42)(H,46,47)/t31-,36-,37+,38-,39-/m1/s1. The van der Waals surface area contributed by atoms with Crippen LogP contribution in [0, 0.1) is 0 Å². The molecule has 2 heterocycles. The summed E-state index contributed by atoms with van der Waals surface area (Å²) in [6, 6.07) is 28.7. The fourth-order valence-corrected chi connectivity index (χ4v) is 6.85. The molecule has 3 aromatic carbocycles. The number of methoxy groups -OCH3 is 1. The second-order valence-corrected chi connectivity index (χ2v) is 14.9. The molecule has 2 fully saturated rings. The van der Waals surface area contributed by atoms with Crippen LogP contribution in [0.2, 0.25) is 0 Å². The summed E-state index contributed by atoms with van der Waals surface area (Å²) in [4.78, 5) is 63.2. The Bertz CT molecular complexity index is 1720. The first-order valence-electron chi connectivity index (χ1n) is 18.1. The molecule has 16 heteroatoms. The monoisotopic (exact) mass is 782 g/mol. The van der Waals surface area contributed by atoms with Crippen molar-refractivity contribution in [2.45, 2.75) is 82.6 Å². The van der Waals surface area contributed by atoms with Gasteiger partial charge in [0, 0.05) is 39.3 Å². The Morgan fingerprint density at radius 1 is 0.782 bits per heavy atom. The van der Waals surface area contributed by atoms with E-state index in [-0.39, 0.29) is 65.1 Å². The van der Waals surface area contributed by atoms with Crippen LogP contribution in [0.1, 0.15) is 48.8 Å². The number of amides is 3. The van der Waals surface area contributed by atoms with Crippen LogP contribution >= 0.6 is 7.60 Å². The smallest absolute Gasteiger partial charge is 0.333 e. The van der Waals surface area contributed by atoms with Crippen molar-refractivity contribution in [2.75, 3.05) is 26.4 Å². The number of imide groups is 1. The minimum Gasteiger partial charge on any atom is -0.368 e. The van der Waals surface area contributed by atoms with E-state index in [1.54, 1.807) is 0 Å². The van der Waals surface area contributed by atoms with E-state index in [2.05, 4.69) is 5.32 Å². The minimum absolute atomic E-state index is 0.0226. The number of carbonyl (C=O) groups is 4. The van der Waals surface area contributed by atoms with Crippen molar-refractivity contribution in [1.82, 2.24) is 10.4 Å². The van der Waals surface area contributed by atoms with Crippen molar-refractivity contribution in [3.8, 4) is 0 Å². The van der Waals surface area contributed by atoms with Crippen LogP contribution in [0.4, 0.5) is 0 Å². The zero-order valence-electron chi connectivity index (χ0n) is 30.6. The number of ether oxygens (including phenoxy) is 5. The Kier molecular flexibility index (Phi) is 16.1. The van der Waals surface area contributed by atoms with E-state index in [0.717, 1.165) is 16.7 Å². The molecule has 2 aliphatic rings. The lowest BCUT2D eigenvalue weighted by Crippen LogP contribution is -2.61. The normalized spacial score (nSPS) is 22.3. The van der Waals surface area contributed by atoms with Gasteiger partial charge in [0.1, 0.15) is 24.4 Å². The van der Waals surface area contributed by atoms with Crippen molar-refractivity contribution in [1.29, 1.82) is 0 Å². The summed E-state index contributed by atoms with van der Waals surface area (Å²) >= 11 is 0. The Hall–Kier alpha value is -4.31. The lowest BCUT2D eigenvalue weighted by atomic mass is 9.98. The van der Waals surface area contributed by atoms with E-state index >= 15 is 0 Å². The fourth-order valence-electron chi connectivity index (χ4n) is 5.95. The molecule has 3 amide bonds. The third-order valence-electron chi connectivity index (χ3n) is 8.82. The first kappa shape index (κ1) is 41.8. The van der Waals surface area contributed by atoms with Gasteiger partial charge in [-0.2, -0.15) is 0 Å². The summed E-state index contributed by atoms with van der Waals surface area (Å²) < 4.78 is 50.3. The van der Waals surface area contributed by atoms with Gasteiger partial charge in [-0.05, 0) is 23.1 Å². The number of nitrogens with zero attached hydrogens (tertiary/aromatic N) is 1. The predicted octanol–water partition coefficient (Wildman–Crippen LogP) is 4.21. The van der Waals surface area contributed by atoms with Crippen LogP contribution in [0.25, 0.3) is 0 Å². The second kappa shape index (κ2) is 21.1. The second-order valence-electron chi connectivity index (χ2n) is 13.0. The molecule has 5 rings (SSSR count). The highest BCUT2D eigenvalue weighted by molar-refractivity contribution is 7.52. The first-order chi connectivity index (χ1) is 26.6. The fraction of sp³-hybridized carbons (Fsp3) is 0.436. The SMILES string of the molecule is CO[C@@H]1O[C@H](COP(=O)(O)CCNC(=O)CCCC(=O)ON2C(=O)CCC2=O)[C@@H](OCc2ccccc2)[C@H](OCc2ccccc2)[C@H]1OCc1ccccc1. The summed E-state index contributed by atoms with van der Waals surface area (Å²) in [5, 5.41) is 2.99. The molecule has 2 saturated heterocycles. The molecule has 0 spiro atoms. The lowest BCUT2D eigenvalue weighted by molar-refractivity contribution is -0.320. The molecule has 0 bridgehead atoms. The quantitative estimate of drug-likeness (QED) is 0.116. The van der Waals surface area contributed by atoms with E-state index < -0.39 is 68.2 Å². The molecular formula is C39H47N2O13P. The van der Waals surface area contributed by atoms with Gasteiger partial charge >= 0.3 is 13.6 Å². The van der Waals surface area contributed by atoms with E-state index in [1.807, 2.05) is 91.0 Å². The molecule has 6 atom stereocenters. The topological polar surface area (TPSA) is 185 Å². The predicted molar refractivity (Wildman–Crippen MR) is 195 cm³/mol.